The van der Waals surface area contributed by atoms with Crippen molar-refractivity contribution in [2.75, 3.05) is 85.3 Å². The van der Waals surface area contributed by atoms with Crippen LogP contribution in [0.3, 0.4) is 0 Å². The van der Waals surface area contributed by atoms with Crippen molar-refractivity contribution in [1.82, 2.24) is 19.9 Å². The molecule has 4 aromatic carbocycles. The molecular formula is C56H58N4O16. The van der Waals surface area contributed by atoms with E-state index in [-0.39, 0.29) is 68.8 Å². The number of hydrogen-bond donors (Lipinski definition) is 6. The lowest BCUT2D eigenvalue weighted by atomic mass is 9.96. The maximum Gasteiger partial charge on any atom is 0.203 e. The molecule has 6 N–H and O–H groups in total. The van der Waals surface area contributed by atoms with E-state index in [0.717, 1.165) is 0 Å². The zero-order chi connectivity index (χ0) is 54.3. The number of hydrogen-bond acceptors (Lipinski definition) is 18. The molecular weight excluding hydrogens is 985 g/mol. The minimum absolute atomic E-state index is 0.0392. The molecule has 76 heavy (non-hydrogen) atoms. The Balaban J connectivity index is 1.58. The Morgan fingerprint density at radius 3 is 0.605 bits per heavy atom. The van der Waals surface area contributed by atoms with Gasteiger partial charge in [0.1, 0.15) is 24.4 Å². The maximum atomic E-state index is 12.6. The van der Waals surface area contributed by atoms with Gasteiger partial charge in [-0.05, 0) is 95.1 Å². The molecule has 3 aromatic heterocycles. The van der Waals surface area contributed by atoms with Crippen molar-refractivity contribution in [2.24, 2.45) is 0 Å². The maximum absolute atomic E-state index is 12.6. The molecule has 0 fully saturated rings. The SMILES string of the molecule is COc1cc(-c2c3nc(c(-c4cc(OC)c(OC)c(OC)c4)c4ccc([nH]4)c(-c4cc(OC)c(OC)c(OC)c4)c4nc(c(-c5cc(OC)c(OC)c(OC)c5)c5ccc2[nH]5)[C@H](O)[C@@H]4O)[C@H](O)[C@@H]3O)cc(OC)c1OC. The Morgan fingerprint density at radius 2 is 0.461 bits per heavy atom. The molecule has 9 rings (SSSR count). The zero-order valence-electron chi connectivity index (χ0n) is 43.8. The molecule has 398 valence electrons. The molecule has 0 radical (unpaired) electrons. The Kier molecular flexibility index (Phi) is 14.7. The average molecular weight is 1040 g/mol. The molecule has 0 amide bonds. The summed E-state index contributed by atoms with van der Waals surface area (Å²) in [5.41, 5.74) is 4.55. The number of rotatable bonds is 16. The molecule has 20 heteroatoms. The van der Waals surface area contributed by atoms with Crippen LogP contribution in [-0.2, 0) is 0 Å². The van der Waals surface area contributed by atoms with E-state index in [9.17, 15) is 20.4 Å². The van der Waals surface area contributed by atoms with Crippen LogP contribution in [0.15, 0.2) is 72.8 Å². The Morgan fingerprint density at radius 1 is 0.289 bits per heavy atom. The summed E-state index contributed by atoms with van der Waals surface area (Å²) in [7, 11) is 17.8. The first kappa shape index (κ1) is 52.3. The first-order valence-corrected chi connectivity index (χ1v) is 23.5. The summed E-state index contributed by atoms with van der Waals surface area (Å²) in [6, 6.07) is 20.6. The third kappa shape index (κ3) is 8.63. The zero-order valence-corrected chi connectivity index (χ0v) is 43.8. The molecule has 2 aliphatic heterocycles. The monoisotopic (exact) mass is 1040 g/mol. The molecule has 2 aliphatic rings. The van der Waals surface area contributed by atoms with Gasteiger partial charge in [-0.25, -0.2) is 0 Å². The topological polar surface area (TPSA) is 249 Å². The molecule has 0 saturated carbocycles. The average Bonchev–Trinajstić information content (AvgIpc) is 4.26. The van der Waals surface area contributed by atoms with Gasteiger partial charge in [-0.1, -0.05) is 0 Å². The van der Waals surface area contributed by atoms with E-state index < -0.39 is 24.4 Å². The lowest BCUT2D eigenvalue weighted by Crippen LogP contribution is -2.06. The minimum atomic E-state index is -1.66. The fraction of sp³-hybridized carbons (Fsp3) is 0.286. The minimum Gasteiger partial charge on any atom is -0.493 e. The Labute approximate surface area is 436 Å². The van der Waals surface area contributed by atoms with Crippen molar-refractivity contribution in [3.05, 3.63) is 95.6 Å². The van der Waals surface area contributed by atoms with Gasteiger partial charge in [0.05, 0.1) is 108 Å². The highest BCUT2D eigenvalue weighted by molar-refractivity contribution is 5.94. The molecule has 4 atom stereocenters. The molecule has 5 heterocycles. The number of aliphatic hydroxyl groups is 4. The third-order valence-corrected chi connectivity index (χ3v) is 13.5. The van der Waals surface area contributed by atoms with Crippen molar-refractivity contribution in [3.8, 4) is 114 Å². The number of aliphatic hydroxyl groups excluding tert-OH is 4. The second-order valence-electron chi connectivity index (χ2n) is 17.3. The van der Waals surface area contributed by atoms with E-state index in [2.05, 4.69) is 9.97 Å². The molecule has 8 bridgehead atoms. The van der Waals surface area contributed by atoms with Crippen LogP contribution in [0.1, 0.15) is 47.2 Å². The van der Waals surface area contributed by atoms with Crippen molar-refractivity contribution in [2.45, 2.75) is 24.4 Å². The van der Waals surface area contributed by atoms with Crippen molar-refractivity contribution in [3.63, 3.8) is 0 Å². The molecule has 0 saturated heterocycles. The van der Waals surface area contributed by atoms with Gasteiger partial charge in [0, 0.05) is 44.3 Å². The highest BCUT2D eigenvalue weighted by atomic mass is 16.6. The normalized spacial score (nSPS) is 15.9. The van der Waals surface area contributed by atoms with Crippen LogP contribution in [-0.4, -0.2) is 126 Å². The first-order valence-electron chi connectivity index (χ1n) is 23.5. The molecule has 7 aromatic rings. The van der Waals surface area contributed by atoms with Gasteiger partial charge in [0.25, 0.3) is 0 Å². The lowest BCUT2D eigenvalue weighted by molar-refractivity contribution is 0.0259. The summed E-state index contributed by atoms with van der Waals surface area (Å²) >= 11 is 0. The molecule has 0 aliphatic carbocycles. The van der Waals surface area contributed by atoms with Gasteiger partial charge in [0.15, 0.2) is 46.0 Å². The van der Waals surface area contributed by atoms with Crippen LogP contribution >= 0.6 is 0 Å². The summed E-state index contributed by atoms with van der Waals surface area (Å²) < 4.78 is 69.5. The molecule has 0 spiro atoms. The van der Waals surface area contributed by atoms with E-state index in [1.807, 2.05) is 0 Å². The largest absolute Gasteiger partial charge is 0.493 e. The smallest absolute Gasteiger partial charge is 0.203 e. The van der Waals surface area contributed by atoms with Crippen LogP contribution in [0.25, 0.3) is 66.6 Å². The number of aromatic amines is 2. The quantitative estimate of drug-likeness (QED) is 0.0530. The van der Waals surface area contributed by atoms with Gasteiger partial charge in [0.2, 0.25) is 23.0 Å². The number of H-pyrrole nitrogens is 2. The van der Waals surface area contributed by atoms with E-state index >= 15 is 0 Å². The number of methoxy groups -OCH3 is 12. The summed E-state index contributed by atoms with van der Waals surface area (Å²) in [5.74, 6) is 3.50. The summed E-state index contributed by atoms with van der Waals surface area (Å²) in [5, 5.41) is 50.3. The van der Waals surface area contributed by atoms with E-state index in [4.69, 9.17) is 66.8 Å². The van der Waals surface area contributed by atoms with Crippen LogP contribution < -0.4 is 56.8 Å². The van der Waals surface area contributed by atoms with Crippen molar-refractivity contribution < 1.29 is 77.3 Å². The highest BCUT2D eigenvalue weighted by Crippen LogP contribution is 2.52. The second kappa shape index (κ2) is 21.4. The number of aromatic nitrogens is 4. The predicted molar refractivity (Wildman–Crippen MR) is 281 cm³/mol. The predicted octanol–water partition coefficient (Wildman–Crippen LogP) is 8.62. The lowest BCUT2D eigenvalue weighted by Gasteiger charge is -2.17. The first-order chi connectivity index (χ1) is 36.8. The van der Waals surface area contributed by atoms with E-state index in [1.165, 1.54) is 85.3 Å². The second-order valence-corrected chi connectivity index (χ2v) is 17.3. The number of nitrogens with zero attached hydrogens (tertiary/aromatic N) is 2. The number of benzene rings is 4. The summed E-state index contributed by atoms with van der Waals surface area (Å²) in [4.78, 5) is 17.4. The van der Waals surface area contributed by atoms with Crippen LogP contribution in [0.4, 0.5) is 0 Å². The van der Waals surface area contributed by atoms with Crippen molar-refractivity contribution in [1.29, 1.82) is 0 Å². The number of fused-ring (bicyclic) bond motifs is 8. The van der Waals surface area contributed by atoms with Crippen LogP contribution in [0, 0.1) is 0 Å². The number of ether oxygens (including phenoxy) is 12. The molecule has 0 unspecified atom stereocenters. The van der Waals surface area contributed by atoms with Crippen molar-refractivity contribution >= 4 is 22.1 Å². The van der Waals surface area contributed by atoms with Crippen LogP contribution in [0.5, 0.6) is 69.0 Å². The van der Waals surface area contributed by atoms with Crippen LogP contribution in [0.2, 0.25) is 0 Å². The summed E-state index contributed by atoms with van der Waals surface area (Å²) in [6.07, 6.45) is -6.65. The third-order valence-electron chi connectivity index (χ3n) is 13.5. The van der Waals surface area contributed by atoms with Gasteiger partial charge in [-0.3, -0.25) is 9.97 Å². The summed E-state index contributed by atoms with van der Waals surface area (Å²) in [6.45, 7) is 0. The Bertz CT molecular complexity index is 2980. The van der Waals surface area contributed by atoms with Gasteiger partial charge < -0.3 is 87.2 Å². The van der Waals surface area contributed by atoms with E-state index in [1.54, 1.807) is 72.8 Å². The standard InChI is InChI=1S/C56H58N4O16/c1-65-33-17-25(18-34(66-2)53(33)73-9)41-29-13-14-30(57-29)42(26-19-35(67-3)54(74-10)36(20-26)68-4)47-51(63)52(64)48(60-47)44(28-23-39(71-7)56(76-12)40(24-28)72-8)32-16-15-31(58-32)43(46-50(62)49(61)45(41)59-46)27-21-37(69-5)55(75-11)38(22-27)70-6/h13-24,49-52,57-58,61-64H,1-12H3/t49-,50+,51+,52-. The highest BCUT2D eigenvalue weighted by Gasteiger charge is 2.38. The van der Waals surface area contributed by atoms with E-state index in [0.29, 0.717) is 89.6 Å². The number of nitrogens with one attached hydrogen (secondary N) is 2. The fourth-order valence-corrected chi connectivity index (χ4v) is 9.98. The fourth-order valence-electron chi connectivity index (χ4n) is 9.98. The Hall–Kier alpha value is -8.56. The van der Waals surface area contributed by atoms with Gasteiger partial charge in [-0.2, -0.15) is 0 Å². The van der Waals surface area contributed by atoms with Gasteiger partial charge in [-0.15, -0.1) is 0 Å². The van der Waals surface area contributed by atoms with Gasteiger partial charge >= 0.3 is 0 Å². The molecule has 20 nitrogen and oxygen atoms in total.